The van der Waals surface area contributed by atoms with E-state index < -0.39 is 5.97 Å². The van der Waals surface area contributed by atoms with Crippen molar-refractivity contribution in [2.24, 2.45) is 0 Å². The Morgan fingerprint density at radius 2 is 1.88 bits per heavy atom. The van der Waals surface area contributed by atoms with E-state index in [0.717, 1.165) is 20.2 Å². The molecule has 0 amide bonds. The summed E-state index contributed by atoms with van der Waals surface area (Å²) in [6.45, 7) is 0. The molecule has 0 saturated carbocycles. The second-order valence-electron chi connectivity index (χ2n) is 3.81. The molecule has 84 valence electrons. The van der Waals surface area contributed by atoms with Crippen LogP contribution in [0.15, 0.2) is 36.4 Å². The molecule has 0 radical (unpaired) electrons. The number of nitrogens with two attached hydrogens (primary N) is 1. The SMILES string of the molecule is Nc1ccc2c(sc3ccccc32)c1C(=O)O. The Bertz CT molecular complexity index is 746. The highest BCUT2D eigenvalue weighted by Crippen LogP contribution is 2.37. The number of carboxylic acid groups (broad SMARTS) is 1. The van der Waals surface area contributed by atoms with Gasteiger partial charge in [0.2, 0.25) is 0 Å². The molecule has 0 spiro atoms. The van der Waals surface area contributed by atoms with E-state index in [1.807, 2.05) is 30.3 Å². The van der Waals surface area contributed by atoms with Crippen LogP contribution in [0.25, 0.3) is 20.2 Å². The third-order valence-electron chi connectivity index (χ3n) is 2.79. The number of carboxylic acids is 1. The molecule has 17 heavy (non-hydrogen) atoms. The molecule has 0 bridgehead atoms. The monoisotopic (exact) mass is 243 g/mol. The minimum absolute atomic E-state index is 0.212. The van der Waals surface area contributed by atoms with E-state index in [-0.39, 0.29) is 5.56 Å². The van der Waals surface area contributed by atoms with Gasteiger partial charge in [-0.25, -0.2) is 4.79 Å². The first kappa shape index (κ1) is 10.1. The summed E-state index contributed by atoms with van der Waals surface area (Å²) in [6.07, 6.45) is 0. The lowest BCUT2D eigenvalue weighted by Gasteiger charge is -2.01. The Morgan fingerprint density at radius 1 is 1.12 bits per heavy atom. The van der Waals surface area contributed by atoms with Crippen LogP contribution in [0.5, 0.6) is 0 Å². The summed E-state index contributed by atoms with van der Waals surface area (Å²) >= 11 is 1.47. The maximum atomic E-state index is 11.2. The predicted molar refractivity (Wildman–Crippen MR) is 70.7 cm³/mol. The summed E-state index contributed by atoms with van der Waals surface area (Å²) < 4.78 is 1.83. The summed E-state index contributed by atoms with van der Waals surface area (Å²) in [5.41, 5.74) is 6.26. The van der Waals surface area contributed by atoms with Crippen LogP contribution < -0.4 is 5.73 Å². The first-order valence-electron chi connectivity index (χ1n) is 5.11. The molecule has 1 aromatic heterocycles. The van der Waals surface area contributed by atoms with Crippen LogP contribution in [0.3, 0.4) is 0 Å². The number of carbonyl (C=O) groups is 1. The van der Waals surface area contributed by atoms with Gasteiger partial charge < -0.3 is 10.8 Å². The van der Waals surface area contributed by atoms with Gasteiger partial charge in [-0.2, -0.15) is 0 Å². The topological polar surface area (TPSA) is 63.3 Å². The largest absolute Gasteiger partial charge is 0.478 e. The van der Waals surface area contributed by atoms with Gasteiger partial charge in [-0.3, -0.25) is 0 Å². The normalized spacial score (nSPS) is 11.1. The van der Waals surface area contributed by atoms with E-state index in [1.165, 1.54) is 11.3 Å². The molecule has 3 aromatic rings. The molecule has 3 rings (SSSR count). The first-order valence-corrected chi connectivity index (χ1v) is 5.93. The molecule has 3 N–H and O–H groups in total. The number of hydrogen-bond acceptors (Lipinski definition) is 3. The smallest absolute Gasteiger partial charge is 0.339 e. The molecule has 0 aliphatic heterocycles. The molecule has 1 heterocycles. The number of aromatic carboxylic acids is 1. The Kier molecular flexibility index (Phi) is 2.06. The van der Waals surface area contributed by atoms with Gasteiger partial charge in [0.25, 0.3) is 0 Å². The van der Waals surface area contributed by atoms with Gasteiger partial charge in [0.15, 0.2) is 0 Å². The van der Waals surface area contributed by atoms with Gasteiger partial charge in [0.1, 0.15) is 5.56 Å². The van der Waals surface area contributed by atoms with Crippen LogP contribution in [0, 0.1) is 0 Å². The van der Waals surface area contributed by atoms with E-state index in [1.54, 1.807) is 6.07 Å². The van der Waals surface area contributed by atoms with Crippen molar-refractivity contribution in [3.63, 3.8) is 0 Å². The van der Waals surface area contributed by atoms with Crippen molar-refractivity contribution < 1.29 is 9.90 Å². The number of anilines is 1. The lowest BCUT2D eigenvalue weighted by molar-refractivity contribution is 0.0700. The Labute approximate surface area is 101 Å². The van der Waals surface area contributed by atoms with Gasteiger partial charge in [0.05, 0.1) is 4.70 Å². The van der Waals surface area contributed by atoms with Crippen molar-refractivity contribution in [3.05, 3.63) is 42.0 Å². The van der Waals surface area contributed by atoms with Crippen LogP contribution in [0.2, 0.25) is 0 Å². The number of hydrogen-bond donors (Lipinski definition) is 2. The number of benzene rings is 2. The molecule has 3 nitrogen and oxygen atoms in total. The highest BCUT2D eigenvalue weighted by molar-refractivity contribution is 7.26. The summed E-state index contributed by atoms with van der Waals surface area (Å²) in [4.78, 5) is 11.2. The average Bonchev–Trinajstić information content (AvgIpc) is 2.66. The van der Waals surface area contributed by atoms with Crippen molar-refractivity contribution in [2.75, 3.05) is 5.73 Å². The van der Waals surface area contributed by atoms with Gasteiger partial charge in [-0.15, -0.1) is 11.3 Å². The average molecular weight is 243 g/mol. The van der Waals surface area contributed by atoms with E-state index in [0.29, 0.717) is 5.69 Å². The molecule has 0 aliphatic carbocycles. The molecule has 0 atom stereocenters. The van der Waals surface area contributed by atoms with Crippen LogP contribution in [-0.2, 0) is 0 Å². The molecule has 0 fully saturated rings. The molecule has 0 aliphatic rings. The number of fused-ring (bicyclic) bond motifs is 3. The van der Waals surface area contributed by atoms with E-state index in [2.05, 4.69) is 0 Å². The summed E-state index contributed by atoms with van der Waals surface area (Å²) in [5.74, 6) is -0.973. The summed E-state index contributed by atoms with van der Waals surface area (Å²) in [5, 5.41) is 11.2. The number of thiophene rings is 1. The Hall–Kier alpha value is -2.07. The van der Waals surface area contributed by atoms with Crippen LogP contribution >= 0.6 is 11.3 Å². The van der Waals surface area contributed by atoms with E-state index in [9.17, 15) is 9.90 Å². The van der Waals surface area contributed by atoms with Crippen molar-refractivity contribution >= 4 is 43.2 Å². The van der Waals surface area contributed by atoms with Crippen molar-refractivity contribution in [2.45, 2.75) is 0 Å². The number of nitrogen functional groups attached to an aromatic ring is 1. The van der Waals surface area contributed by atoms with Gasteiger partial charge in [-0.05, 0) is 12.1 Å². The zero-order valence-corrected chi connectivity index (χ0v) is 9.62. The quantitative estimate of drug-likeness (QED) is 0.644. The lowest BCUT2D eigenvalue weighted by atomic mass is 10.1. The standard InChI is InChI=1S/C13H9NO2S/c14-9-6-5-8-7-3-1-2-4-10(7)17-12(8)11(9)13(15)16/h1-6H,14H2,(H,15,16). The maximum absolute atomic E-state index is 11.2. The van der Waals surface area contributed by atoms with E-state index in [4.69, 9.17) is 5.73 Å². The van der Waals surface area contributed by atoms with Crippen molar-refractivity contribution in [1.82, 2.24) is 0 Å². The Balaban J connectivity index is 2.56. The molecule has 4 heteroatoms. The molecular formula is C13H9NO2S. The van der Waals surface area contributed by atoms with Crippen molar-refractivity contribution in [3.8, 4) is 0 Å². The second kappa shape index (κ2) is 3.46. The minimum Gasteiger partial charge on any atom is -0.478 e. The van der Waals surface area contributed by atoms with Crippen LogP contribution in [-0.4, -0.2) is 11.1 Å². The highest BCUT2D eigenvalue weighted by Gasteiger charge is 2.16. The highest BCUT2D eigenvalue weighted by atomic mass is 32.1. The Morgan fingerprint density at radius 3 is 2.65 bits per heavy atom. The fraction of sp³-hybridized carbons (Fsp3) is 0. The third kappa shape index (κ3) is 1.38. The van der Waals surface area contributed by atoms with Crippen molar-refractivity contribution in [1.29, 1.82) is 0 Å². The molecule has 2 aromatic carbocycles. The third-order valence-corrected chi connectivity index (χ3v) is 4.00. The fourth-order valence-corrected chi connectivity index (χ4v) is 3.27. The molecule has 0 saturated heterocycles. The molecular weight excluding hydrogens is 234 g/mol. The fourth-order valence-electron chi connectivity index (χ4n) is 2.02. The second-order valence-corrected chi connectivity index (χ2v) is 4.86. The lowest BCUT2D eigenvalue weighted by Crippen LogP contribution is -2.01. The van der Waals surface area contributed by atoms with Gasteiger partial charge in [0, 0.05) is 21.2 Å². The zero-order valence-electron chi connectivity index (χ0n) is 8.81. The predicted octanol–water partition coefficient (Wildman–Crippen LogP) is 3.33. The van der Waals surface area contributed by atoms with E-state index >= 15 is 0 Å². The van der Waals surface area contributed by atoms with Gasteiger partial charge in [-0.1, -0.05) is 24.3 Å². The van der Waals surface area contributed by atoms with Gasteiger partial charge >= 0.3 is 5.97 Å². The minimum atomic E-state index is -0.973. The first-order chi connectivity index (χ1) is 8.18. The maximum Gasteiger partial charge on any atom is 0.339 e. The summed E-state index contributed by atoms with van der Waals surface area (Å²) in [6, 6.07) is 11.4. The number of rotatable bonds is 1. The van der Waals surface area contributed by atoms with Crippen LogP contribution in [0.1, 0.15) is 10.4 Å². The van der Waals surface area contributed by atoms with Crippen LogP contribution in [0.4, 0.5) is 5.69 Å². The zero-order chi connectivity index (χ0) is 12.0. The summed E-state index contributed by atoms with van der Waals surface area (Å²) in [7, 11) is 0. The molecule has 0 unspecified atom stereocenters.